The number of pyridine rings is 1. The lowest BCUT2D eigenvalue weighted by molar-refractivity contribution is -0.327. The zero-order valence-electron chi connectivity index (χ0n) is 15.8. The number of hydrogen-bond acceptors (Lipinski definition) is 4. The minimum Gasteiger partial charge on any atom is -0.495 e. The Kier molecular flexibility index (Phi) is 5.92. The van der Waals surface area contributed by atoms with Gasteiger partial charge >= 0.3 is 6.03 Å². The molecule has 3 rings (SSSR count). The number of aromatic nitrogens is 1. The van der Waals surface area contributed by atoms with Crippen molar-refractivity contribution >= 4 is 28.4 Å². The van der Waals surface area contributed by atoms with Crippen molar-refractivity contribution in [2.75, 3.05) is 30.8 Å². The van der Waals surface area contributed by atoms with Crippen LogP contribution in [0.2, 0.25) is 0 Å². The molecule has 0 aliphatic heterocycles. The molecular formula is C21H22N5O2+. The van der Waals surface area contributed by atoms with Crippen molar-refractivity contribution in [3.05, 3.63) is 59.7 Å². The van der Waals surface area contributed by atoms with E-state index in [1.165, 1.54) is 0 Å². The maximum Gasteiger partial charge on any atom is 0.319 e. The first-order valence-electron chi connectivity index (χ1n) is 8.89. The number of urea groups is 1. The van der Waals surface area contributed by atoms with Crippen LogP contribution in [0.4, 0.5) is 16.3 Å². The fourth-order valence-corrected chi connectivity index (χ4v) is 2.85. The number of nitrogens with one attached hydrogen (secondary N) is 4. The third kappa shape index (κ3) is 4.48. The van der Waals surface area contributed by atoms with Crippen molar-refractivity contribution in [2.24, 2.45) is 0 Å². The molecular weight excluding hydrogens is 354 g/mol. The van der Waals surface area contributed by atoms with Gasteiger partial charge < -0.3 is 15.4 Å². The van der Waals surface area contributed by atoms with Gasteiger partial charge in [-0.25, -0.2) is 9.78 Å². The lowest BCUT2D eigenvalue weighted by Gasteiger charge is -2.10. The minimum absolute atomic E-state index is 0.329. The molecule has 142 valence electrons. The summed E-state index contributed by atoms with van der Waals surface area (Å²) < 4.78 is 5.21. The number of amides is 2. The van der Waals surface area contributed by atoms with Gasteiger partial charge in [-0.3, -0.25) is 5.32 Å². The summed E-state index contributed by atoms with van der Waals surface area (Å²) in [7, 11) is 1.55. The van der Waals surface area contributed by atoms with Crippen LogP contribution in [0.25, 0.3) is 10.9 Å². The highest BCUT2D eigenvalue weighted by Crippen LogP contribution is 2.22. The van der Waals surface area contributed by atoms with E-state index >= 15 is 0 Å². The Morgan fingerprint density at radius 2 is 2.00 bits per heavy atom. The smallest absolute Gasteiger partial charge is 0.319 e. The first kappa shape index (κ1) is 19.0. The van der Waals surface area contributed by atoms with E-state index in [-0.39, 0.29) is 6.03 Å². The van der Waals surface area contributed by atoms with Crippen LogP contribution in [-0.4, -0.2) is 26.2 Å². The van der Waals surface area contributed by atoms with Crippen molar-refractivity contribution < 1.29 is 14.5 Å². The van der Waals surface area contributed by atoms with E-state index in [0.29, 0.717) is 35.9 Å². The van der Waals surface area contributed by atoms with E-state index in [9.17, 15) is 10.1 Å². The standard InChI is InChI=1S/C21H21N5O2/c1-14-7-8-17-15(11-14)12-16(13-22)20(25-17)23-9-10-24-21(27)26-18-5-3-4-6-19(18)28-2/h3-8,11-12H,9-10H2,1-2H3,(H,23,25)(H2,24,26,27)/p+1. The summed E-state index contributed by atoms with van der Waals surface area (Å²) in [5.74, 6) is 1.22. The van der Waals surface area contributed by atoms with E-state index in [4.69, 9.17) is 4.74 Å². The molecule has 0 aliphatic carbocycles. The van der Waals surface area contributed by atoms with E-state index in [1.807, 2.05) is 43.3 Å². The Balaban J connectivity index is 1.57. The molecule has 0 aliphatic rings. The lowest BCUT2D eigenvalue weighted by atomic mass is 10.1. The molecule has 0 saturated carbocycles. The number of benzene rings is 2. The Bertz CT molecular complexity index is 1040. The first-order valence-corrected chi connectivity index (χ1v) is 8.89. The first-order chi connectivity index (χ1) is 13.6. The number of anilines is 2. The van der Waals surface area contributed by atoms with Crippen LogP contribution in [0.15, 0.2) is 48.5 Å². The van der Waals surface area contributed by atoms with Crippen LogP contribution in [-0.2, 0) is 0 Å². The number of fused-ring (bicyclic) bond motifs is 1. The quantitative estimate of drug-likeness (QED) is 0.576. The normalized spacial score (nSPS) is 10.2. The van der Waals surface area contributed by atoms with Crippen molar-refractivity contribution in [3.8, 4) is 11.8 Å². The van der Waals surface area contributed by atoms with Gasteiger partial charge in [0.05, 0.1) is 19.3 Å². The van der Waals surface area contributed by atoms with Crippen molar-refractivity contribution in [1.29, 1.82) is 5.26 Å². The summed E-state index contributed by atoms with van der Waals surface area (Å²) in [5.41, 5.74) is 3.20. The van der Waals surface area contributed by atoms with Crippen LogP contribution < -0.4 is 25.7 Å². The molecule has 0 fully saturated rings. The van der Waals surface area contributed by atoms with E-state index in [0.717, 1.165) is 16.5 Å². The molecule has 0 spiro atoms. The molecule has 4 N–H and O–H groups in total. The molecule has 2 aromatic carbocycles. The molecule has 0 bridgehead atoms. The highest BCUT2D eigenvalue weighted by atomic mass is 16.5. The van der Waals surface area contributed by atoms with Crippen molar-refractivity contribution in [2.45, 2.75) is 6.92 Å². The summed E-state index contributed by atoms with van der Waals surface area (Å²) in [4.78, 5) is 15.3. The Labute approximate surface area is 163 Å². The number of ether oxygens (including phenoxy) is 1. The number of hydrogen-bond donors (Lipinski definition) is 3. The van der Waals surface area contributed by atoms with Crippen LogP contribution in [0.3, 0.4) is 0 Å². The number of methoxy groups -OCH3 is 1. The van der Waals surface area contributed by atoms with E-state index in [2.05, 4.69) is 27.0 Å². The van der Waals surface area contributed by atoms with Crippen molar-refractivity contribution in [1.82, 2.24) is 5.32 Å². The molecule has 0 radical (unpaired) electrons. The molecule has 1 heterocycles. The maximum absolute atomic E-state index is 12.1. The lowest BCUT2D eigenvalue weighted by Crippen LogP contribution is -2.33. The second-order valence-electron chi connectivity index (χ2n) is 6.27. The van der Waals surface area contributed by atoms with E-state index in [1.54, 1.807) is 19.2 Å². The molecule has 0 saturated heterocycles. The van der Waals surface area contributed by atoms with Gasteiger partial charge in [-0.1, -0.05) is 23.8 Å². The second-order valence-corrected chi connectivity index (χ2v) is 6.27. The summed E-state index contributed by atoms with van der Waals surface area (Å²) >= 11 is 0. The van der Waals surface area contributed by atoms with Gasteiger partial charge in [-0.05, 0) is 37.3 Å². The predicted molar refractivity (Wildman–Crippen MR) is 108 cm³/mol. The van der Waals surface area contributed by atoms with Crippen LogP contribution >= 0.6 is 0 Å². The van der Waals surface area contributed by atoms with Crippen molar-refractivity contribution in [3.63, 3.8) is 0 Å². The Hall–Kier alpha value is -3.79. The molecule has 0 unspecified atom stereocenters. The van der Waals surface area contributed by atoms with E-state index < -0.39 is 0 Å². The maximum atomic E-state index is 12.1. The van der Waals surface area contributed by atoms with Gasteiger partial charge in [0.2, 0.25) is 0 Å². The average Bonchev–Trinajstić information content (AvgIpc) is 2.71. The van der Waals surface area contributed by atoms with Gasteiger partial charge in [-0.15, -0.1) is 0 Å². The number of carbonyl (C=O) groups excluding carboxylic acids is 1. The highest BCUT2D eigenvalue weighted by Gasteiger charge is 2.13. The number of H-pyrrole nitrogens is 1. The predicted octanol–water partition coefficient (Wildman–Crippen LogP) is 3.08. The summed E-state index contributed by atoms with van der Waals surface area (Å²) in [5, 5.41) is 19.1. The van der Waals surface area contributed by atoms with Gasteiger partial charge in [0.15, 0.2) is 0 Å². The number of aryl methyl sites for hydroxylation is 1. The zero-order chi connectivity index (χ0) is 19.9. The SMILES string of the molecule is COc1ccccc1NC(=O)NCCNc1[nH+]c2ccc(C)cc2cc1C#N. The highest BCUT2D eigenvalue weighted by molar-refractivity contribution is 5.90. The fourth-order valence-electron chi connectivity index (χ4n) is 2.85. The molecule has 28 heavy (non-hydrogen) atoms. The molecule has 7 nitrogen and oxygen atoms in total. The zero-order valence-corrected chi connectivity index (χ0v) is 15.8. The molecule has 1 aromatic heterocycles. The Morgan fingerprint density at radius 3 is 2.79 bits per heavy atom. The number of para-hydroxylation sites is 2. The van der Waals surface area contributed by atoms with Gasteiger partial charge in [0.1, 0.15) is 29.4 Å². The van der Waals surface area contributed by atoms with Crippen LogP contribution in [0.5, 0.6) is 5.75 Å². The monoisotopic (exact) mass is 376 g/mol. The Morgan fingerprint density at radius 1 is 1.18 bits per heavy atom. The van der Waals surface area contributed by atoms with Gasteiger partial charge in [-0.2, -0.15) is 5.26 Å². The molecule has 2 amide bonds. The summed E-state index contributed by atoms with van der Waals surface area (Å²) in [6, 6.07) is 16.9. The molecule has 0 atom stereocenters. The number of aromatic amines is 1. The number of rotatable bonds is 6. The third-order valence-corrected chi connectivity index (χ3v) is 4.22. The largest absolute Gasteiger partial charge is 0.495 e. The topological polar surface area (TPSA) is 100 Å². The number of nitrogens with zero attached hydrogens (tertiary/aromatic N) is 1. The summed E-state index contributed by atoms with van der Waals surface area (Å²) in [6.45, 7) is 2.85. The average molecular weight is 376 g/mol. The van der Waals surface area contributed by atoms with Crippen LogP contribution in [0.1, 0.15) is 11.1 Å². The van der Waals surface area contributed by atoms with Gasteiger partial charge in [0, 0.05) is 5.39 Å². The number of nitriles is 1. The number of carbonyl (C=O) groups is 1. The van der Waals surface area contributed by atoms with Crippen LogP contribution in [0, 0.1) is 18.3 Å². The second kappa shape index (κ2) is 8.73. The summed E-state index contributed by atoms with van der Waals surface area (Å²) in [6.07, 6.45) is 0. The molecule has 7 heteroatoms. The van der Waals surface area contributed by atoms with Gasteiger partial charge in [0.25, 0.3) is 5.82 Å². The minimum atomic E-state index is -0.329. The fraction of sp³-hybridized carbons (Fsp3) is 0.190. The third-order valence-electron chi connectivity index (χ3n) is 4.22. The molecule has 3 aromatic rings.